The molecule has 9 heteroatoms. The third-order valence-corrected chi connectivity index (χ3v) is 5.55. The number of nitrogens with zero attached hydrogens (tertiary/aromatic N) is 3. The maximum Gasteiger partial charge on any atom is 0.294 e. The van der Waals surface area contributed by atoms with E-state index in [0.29, 0.717) is 29.1 Å². The summed E-state index contributed by atoms with van der Waals surface area (Å²) in [6, 6.07) is 5.86. The summed E-state index contributed by atoms with van der Waals surface area (Å²) in [4.78, 5) is 29.4. The molecule has 4 rings (SSSR count). The quantitative estimate of drug-likeness (QED) is 0.708. The molecule has 7 nitrogen and oxygen atoms in total. The third kappa shape index (κ3) is 3.81. The van der Waals surface area contributed by atoms with Gasteiger partial charge in [0, 0.05) is 18.7 Å². The number of halogens is 1. The molecule has 0 saturated carbocycles. The van der Waals surface area contributed by atoms with Crippen LogP contribution in [0.4, 0.5) is 4.39 Å². The molecule has 3 aromatic rings. The number of hydrogen-bond acceptors (Lipinski definition) is 6. The van der Waals surface area contributed by atoms with Crippen molar-refractivity contribution in [3.05, 3.63) is 45.4 Å². The fourth-order valence-corrected chi connectivity index (χ4v) is 4.11. The van der Waals surface area contributed by atoms with Gasteiger partial charge in [0.2, 0.25) is 5.91 Å². The lowest BCUT2D eigenvalue weighted by atomic mass is 10.1. The van der Waals surface area contributed by atoms with E-state index in [1.165, 1.54) is 23.5 Å². The Bertz CT molecular complexity index is 1070. The first kappa shape index (κ1) is 18.7. The number of fused-ring (bicyclic) bond motifs is 1. The standard InChI is InChI=1S/C19H19FN4O3S/c1-11-22-17-18(28-11)16(12-4-6-13(20)7-5-12)23-24(19(17)26)10-15(25)21-9-14-3-2-8-27-14/h4-7,14H,2-3,8-10H2,1H3,(H,21,25)/t14-/m1/s1. The topological polar surface area (TPSA) is 86.1 Å². The Morgan fingerprint density at radius 1 is 1.39 bits per heavy atom. The lowest BCUT2D eigenvalue weighted by Crippen LogP contribution is -2.37. The first-order valence-electron chi connectivity index (χ1n) is 9.04. The van der Waals surface area contributed by atoms with Crippen molar-refractivity contribution in [3.8, 4) is 11.3 Å². The number of ether oxygens (including phenoxy) is 1. The van der Waals surface area contributed by atoms with Crippen LogP contribution in [-0.4, -0.2) is 39.9 Å². The fraction of sp³-hybridized carbons (Fsp3) is 0.368. The Labute approximate surface area is 164 Å². The molecular weight excluding hydrogens is 383 g/mol. The fourth-order valence-electron chi connectivity index (χ4n) is 3.19. The third-order valence-electron chi connectivity index (χ3n) is 4.57. The van der Waals surface area contributed by atoms with Crippen molar-refractivity contribution in [2.45, 2.75) is 32.4 Å². The predicted octanol–water partition coefficient (Wildman–Crippen LogP) is 2.26. The van der Waals surface area contributed by atoms with E-state index < -0.39 is 5.56 Å². The van der Waals surface area contributed by atoms with Crippen LogP contribution in [0.2, 0.25) is 0 Å². The number of carbonyl (C=O) groups excluding carboxylic acids is 1. The Morgan fingerprint density at radius 2 is 2.18 bits per heavy atom. The minimum atomic E-state index is -0.419. The molecule has 0 aliphatic carbocycles. The van der Waals surface area contributed by atoms with Gasteiger partial charge in [-0.15, -0.1) is 11.3 Å². The lowest BCUT2D eigenvalue weighted by molar-refractivity contribution is -0.122. The van der Waals surface area contributed by atoms with Gasteiger partial charge in [-0.3, -0.25) is 9.59 Å². The van der Waals surface area contributed by atoms with Crippen LogP contribution in [0.25, 0.3) is 21.5 Å². The number of rotatable bonds is 5. The van der Waals surface area contributed by atoms with Gasteiger partial charge in [-0.25, -0.2) is 14.1 Å². The van der Waals surface area contributed by atoms with Crippen molar-refractivity contribution < 1.29 is 13.9 Å². The number of amides is 1. The number of thiazole rings is 1. The smallest absolute Gasteiger partial charge is 0.294 e. The van der Waals surface area contributed by atoms with Crippen molar-refractivity contribution in [3.63, 3.8) is 0 Å². The normalized spacial score (nSPS) is 16.6. The summed E-state index contributed by atoms with van der Waals surface area (Å²) in [6.07, 6.45) is 1.92. The highest BCUT2D eigenvalue weighted by molar-refractivity contribution is 7.19. The van der Waals surface area contributed by atoms with Gasteiger partial charge >= 0.3 is 0 Å². The molecule has 1 amide bonds. The van der Waals surface area contributed by atoms with Crippen molar-refractivity contribution in [2.24, 2.45) is 0 Å². The summed E-state index contributed by atoms with van der Waals surface area (Å²) in [5, 5.41) is 7.90. The molecule has 0 radical (unpaired) electrons. The van der Waals surface area contributed by atoms with Crippen molar-refractivity contribution in [2.75, 3.05) is 13.2 Å². The molecule has 146 valence electrons. The first-order valence-corrected chi connectivity index (χ1v) is 9.85. The van der Waals surface area contributed by atoms with Crippen molar-refractivity contribution in [1.29, 1.82) is 0 Å². The van der Waals surface area contributed by atoms with Gasteiger partial charge in [0.25, 0.3) is 5.56 Å². The minimum absolute atomic E-state index is 0.0204. The van der Waals surface area contributed by atoms with E-state index >= 15 is 0 Å². The Morgan fingerprint density at radius 3 is 2.89 bits per heavy atom. The molecule has 1 aromatic carbocycles. The number of hydrogen-bond donors (Lipinski definition) is 1. The van der Waals surface area contributed by atoms with Gasteiger partial charge in [0.1, 0.15) is 18.1 Å². The summed E-state index contributed by atoms with van der Waals surface area (Å²) >= 11 is 1.35. The van der Waals surface area contributed by atoms with Gasteiger partial charge in [0.15, 0.2) is 5.52 Å². The molecule has 0 bridgehead atoms. The highest BCUT2D eigenvalue weighted by Gasteiger charge is 2.19. The Balaban J connectivity index is 1.66. The van der Waals surface area contributed by atoms with E-state index in [4.69, 9.17) is 4.74 Å². The van der Waals surface area contributed by atoms with E-state index in [9.17, 15) is 14.0 Å². The molecule has 1 N–H and O–H groups in total. The van der Waals surface area contributed by atoms with Crippen molar-refractivity contribution >= 4 is 27.5 Å². The van der Waals surface area contributed by atoms with Crippen LogP contribution in [0.1, 0.15) is 17.8 Å². The van der Waals surface area contributed by atoms with E-state index in [0.717, 1.165) is 22.5 Å². The second kappa shape index (κ2) is 7.76. The zero-order valence-corrected chi connectivity index (χ0v) is 16.1. The van der Waals surface area contributed by atoms with Gasteiger partial charge in [0.05, 0.1) is 15.8 Å². The molecular formula is C19H19FN4O3S. The number of benzene rings is 1. The SMILES string of the molecule is Cc1nc2c(=O)n(CC(=O)NC[C@H]3CCCO3)nc(-c3ccc(F)cc3)c2s1. The largest absolute Gasteiger partial charge is 0.376 e. The summed E-state index contributed by atoms with van der Waals surface area (Å²) in [5.41, 5.74) is 1.01. The van der Waals surface area contributed by atoms with Crippen LogP contribution >= 0.6 is 11.3 Å². The predicted molar refractivity (Wildman–Crippen MR) is 104 cm³/mol. The molecule has 1 fully saturated rings. The molecule has 2 aromatic heterocycles. The van der Waals surface area contributed by atoms with Gasteiger partial charge in [-0.1, -0.05) is 0 Å². The van der Waals surface area contributed by atoms with Crippen LogP contribution in [0.3, 0.4) is 0 Å². The Hall–Kier alpha value is -2.65. The molecule has 0 spiro atoms. The number of aromatic nitrogens is 3. The lowest BCUT2D eigenvalue weighted by Gasteiger charge is -2.12. The van der Waals surface area contributed by atoms with Crippen molar-refractivity contribution in [1.82, 2.24) is 20.1 Å². The highest BCUT2D eigenvalue weighted by Crippen LogP contribution is 2.29. The molecule has 0 unspecified atom stereocenters. The van der Waals surface area contributed by atoms with Crippen LogP contribution in [-0.2, 0) is 16.1 Å². The van der Waals surface area contributed by atoms with Crippen LogP contribution in [0, 0.1) is 12.7 Å². The number of aryl methyl sites for hydroxylation is 1. The van der Waals surface area contributed by atoms with E-state index in [1.54, 1.807) is 19.1 Å². The molecule has 1 aliphatic heterocycles. The summed E-state index contributed by atoms with van der Waals surface area (Å²) in [7, 11) is 0. The molecule has 1 saturated heterocycles. The molecule has 28 heavy (non-hydrogen) atoms. The second-order valence-electron chi connectivity index (χ2n) is 6.67. The molecule has 1 atom stereocenters. The van der Waals surface area contributed by atoms with E-state index in [1.807, 2.05) is 0 Å². The van der Waals surface area contributed by atoms with Gasteiger partial charge < -0.3 is 10.1 Å². The summed E-state index contributed by atoms with van der Waals surface area (Å²) < 4.78 is 20.5. The maximum atomic E-state index is 13.3. The summed E-state index contributed by atoms with van der Waals surface area (Å²) in [5.74, 6) is -0.677. The average Bonchev–Trinajstić information content (AvgIpc) is 3.33. The minimum Gasteiger partial charge on any atom is -0.376 e. The maximum absolute atomic E-state index is 13.3. The monoisotopic (exact) mass is 402 g/mol. The first-order chi connectivity index (χ1) is 13.5. The van der Waals surface area contributed by atoms with Crippen LogP contribution < -0.4 is 10.9 Å². The zero-order valence-electron chi connectivity index (χ0n) is 15.3. The van der Waals surface area contributed by atoms with Gasteiger partial charge in [-0.2, -0.15) is 5.10 Å². The van der Waals surface area contributed by atoms with E-state index in [-0.39, 0.29) is 29.9 Å². The molecule has 3 heterocycles. The number of nitrogens with one attached hydrogen (secondary N) is 1. The highest BCUT2D eigenvalue weighted by atomic mass is 32.1. The average molecular weight is 402 g/mol. The zero-order chi connectivity index (χ0) is 19.7. The second-order valence-corrected chi connectivity index (χ2v) is 7.87. The van der Waals surface area contributed by atoms with Crippen LogP contribution in [0.5, 0.6) is 0 Å². The van der Waals surface area contributed by atoms with Crippen LogP contribution in [0.15, 0.2) is 29.1 Å². The van der Waals surface area contributed by atoms with E-state index in [2.05, 4.69) is 15.4 Å². The number of carbonyl (C=O) groups is 1. The molecule has 1 aliphatic rings. The van der Waals surface area contributed by atoms with Gasteiger partial charge in [-0.05, 0) is 44.0 Å². The summed E-state index contributed by atoms with van der Waals surface area (Å²) in [6.45, 7) is 2.71. The Kier molecular flexibility index (Phi) is 5.19.